The van der Waals surface area contributed by atoms with E-state index >= 15 is 0 Å². The highest BCUT2D eigenvalue weighted by Crippen LogP contribution is 2.29. The number of halogens is 2. The number of hydrogen-bond acceptors (Lipinski definition) is 8. The smallest absolute Gasteiger partial charge is 0.207 e. The van der Waals surface area contributed by atoms with Crippen molar-refractivity contribution in [3.05, 3.63) is 65.6 Å². The number of rotatable bonds is 9. The van der Waals surface area contributed by atoms with Crippen LogP contribution >= 0.6 is 11.6 Å². The van der Waals surface area contributed by atoms with Crippen LogP contribution in [0.15, 0.2) is 59.6 Å². The van der Waals surface area contributed by atoms with Crippen LogP contribution < -0.4 is 5.32 Å². The van der Waals surface area contributed by atoms with Crippen molar-refractivity contribution in [1.82, 2.24) is 19.9 Å². The van der Waals surface area contributed by atoms with E-state index in [-0.39, 0.29) is 11.5 Å². The Morgan fingerprint density at radius 1 is 1.06 bits per heavy atom. The Bertz CT molecular complexity index is 1450. The molecular formula is C24H23ClFN5O3S. The van der Waals surface area contributed by atoms with E-state index in [4.69, 9.17) is 16.3 Å². The van der Waals surface area contributed by atoms with Gasteiger partial charge in [-0.2, -0.15) is 0 Å². The molecule has 0 fully saturated rings. The number of anilines is 2. The van der Waals surface area contributed by atoms with Crippen molar-refractivity contribution in [2.75, 3.05) is 17.9 Å². The van der Waals surface area contributed by atoms with Crippen LogP contribution in [-0.2, 0) is 21.2 Å². The van der Waals surface area contributed by atoms with E-state index in [0.717, 1.165) is 0 Å². The molecule has 0 amide bonds. The fraction of sp³-hybridized carbons (Fsp3) is 0.250. The van der Waals surface area contributed by atoms with Crippen molar-refractivity contribution in [1.29, 1.82) is 0 Å². The minimum absolute atomic E-state index is 0.0978. The van der Waals surface area contributed by atoms with Crippen LogP contribution in [0.5, 0.6) is 0 Å². The number of alkyl halides is 1. The van der Waals surface area contributed by atoms with Gasteiger partial charge in [0, 0.05) is 18.5 Å². The van der Waals surface area contributed by atoms with E-state index in [1.54, 1.807) is 36.5 Å². The van der Waals surface area contributed by atoms with Crippen molar-refractivity contribution in [2.45, 2.75) is 25.3 Å². The second-order valence-corrected chi connectivity index (χ2v) is 10.5. The van der Waals surface area contributed by atoms with Crippen LogP contribution in [0.3, 0.4) is 0 Å². The van der Waals surface area contributed by atoms with Gasteiger partial charge in [0.05, 0.1) is 21.0 Å². The summed E-state index contributed by atoms with van der Waals surface area (Å²) in [7, 11) is -3.94. The predicted molar refractivity (Wildman–Crippen MR) is 133 cm³/mol. The molecule has 0 atom stereocenters. The zero-order valence-corrected chi connectivity index (χ0v) is 20.6. The molecule has 0 saturated carbocycles. The number of sulfone groups is 1. The molecule has 35 heavy (non-hydrogen) atoms. The summed E-state index contributed by atoms with van der Waals surface area (Å²) in [5.74, 6) is 1.24. The quantitative estimate of drug-likeness (QED) is 0.317. The Hall–Kier alpha value is -3.21. The van der Waals surface area contributed by atoms with Gasteiger partial charge in [-0.25, -0.2) is 27.8 Å². The molecule has 0 aliphatic carbocycles. The third-order valence-electron chi connectivity index (χ3n) is 4.91. The molecular weight excluding hydrogens is 493 g/mol. The maximum Gasteiger partial charge on any atom is 0.207 e. The average Bonchev–Trinajstić information content (AvgIpc) is 2.84. The zero-order chi connectivity index (χ0) is 25.0. The molecule has 0 radical (unpaired) electrons. The topological polar surface area (TPSA) is 107 Å². The molecule has 4 rings (SSSR count). The van der Waals surface area contributed by atoms with Gasteiger partial charge in [-0.15, -0.1) is 0 Å². The second kappa shape index (κ2) is 10.6. The Balaban J connectivity index is 1.73. The first-order chi connectivity index (χ1) is 16.8. The normalized spacial score (nSPS) is 11.8. The van der Waals surface area contributed by atoms with E-state index in [2.05, 4.69) is 25.3 Å². The molecule has 0 bridgehead atoms. The lowest BCUT2D eigenvalue weighted by atomic mass is 10.2. The SMILES string of the molecule is CC(C)COCc1nc(Nc2ccc(S(=O)(=O)CF)cc2)c2ccc(-c3ncccc3Cl)nc2n1. The minimum Gasteiger partial charge on any atom is -0.373 e. The number of hydrogen-bond donors (Lipinski definition) is 1. The predicted octanol–water partition coefficient (Wildman–Crippen LogP) is 5.36. The Morgan fingerprint density at radius 3 is 2.51 bits per heavy atom. The molecule has 8 nitrogen and oxygen atoms in total. The van der Waals surface area contributed by atoms with Crippen molar-refractivity contribution in [2.24, 2.45) is 5.92 Å². The second-order valence-electron chi connectivity index (χ2n) is 8.17. The molecule has 4 aromatic rings. The van der Waals surface area contributed by atoms with Gasteiger partial charge in [0.25, 0.3) is 0 Å². The summed E-state index contributed by atoms with van der Waals surface area (Å²) in [4.78, 5) is 18.0. The first kappa shape index (κ1) is 24.9. The number of nitrogens with zero attached hydrogens (tertiary/aromatic N) is 4. The van der Waals surface area contributed by atoms with Crippen LogP contribution in [0.25, 0.3) is 22.4 Å². The van der Waals surface area contributed by atoms with Crippen molar-refractivity contribution in [3.8, 4) is 11.4 Å². The van der Waals surface area contributed by atoms with Gasteiger partial charge >= 0.3 is 0 Å². The van der Waals surface area contributed by atoms with Gasteiger partial charge in [0.2, 0.25) is 9.84 Å². The summed E-state index contributed by atoms with van der Waals surface area (Å²) >= 11 is 6.30. The largest absolute Gasteiger partial charge is 0.373 e. The lowest BCUT2D eigenvalue weighted by molar-refractivity contribution is 0.0925. The molecule has 0 unspecified atom stereocenters. The molecule has 182 valence electrons. The Labute approximate surface area is 207 Å². The zero-order valence-electron chi connectivity index (χ0n) is 19.1. The van der Waals surface area contributed by atoms with Gasteiger partial charge in [0.15, 0.2) is 17.5 Å². The monoisotopic (exact) mass is 515 g/mol. The number of pyridine rings is 2. The number of benzene rings is 1. The summed E-state index contributed by atoms with van der Waals surface area (Å²) in [6.07, 6.45) is 1.64. The fourth-order valence-electron chi connectivity index (χ4n) is 3.25. The van der Waals surface area contributed by atoms with Crippen molar-refractivity contribution < 1.29 is 17.5 Å². The number of nitrogens with one attached hydrogen (secondary N) is 1. The minimum atomic E-state index is -3.94. The third-order valence-corrected chi connectivity index (χ3v) is 6.49. The van der Waals surface area contributed by atoms with Crippen LogP contribution in [0, 0.1) is 5.92 Å². The molecule has 3 heterocycles. The highest BCUT2D eigenvalue weighted by Gasteiger charge is 2.15. The third kappa shape index (κ3) is 5.90. The van der Waals surface area contributed by atoms with E-state index in [0.29, 0.717) is 57.3 Å². The number of fused-ring (bicyclic) bond motifs is 1. The lowest BCUT2D eigenvalue weighted by Gasteiger charge is -2.13. The Kier molecular flexibility index (Phi) is 7.54. The van der Waals surface area contributed by atoms with E-state index in [1.165, 1.54) is 12.1 Å². The maximum absolute atomic E-state index is 12.8. The standard InChI is InChI=1S/C24H23ClFN5O3S/c1-15(2)12-34-13-21-30-23(28-16-5-7-17(8-6-16)35(32,33)14-26)18-9-10-20(29-24(18)31-21)22-19(25)4-3-11-27-22/h3-11,15H,12-14H2,1-2H3,(H,28,29,30,31). The van der Waals surface area contributed by atoms with Gasteiger partial charge in [-0.1, -0.05) is 25.4 Å². The molecule has 11 heteroatoms. The summed E-state index contributed by atoms with van der Waals surface area (Å²) < 4.78 is 42.0. The van der Waals surface area contributed by atoms with Crippen molar-refractivity contribution >= 4 is 44.0 Å². The van der Waals surface area contributed by atoms with Crippen LogP contribution in [0.1, 0.15) is 19.7 Å². The van der Waals surface area contributed by atoms with Crippen molar-refractivity contribution in [3.63, 3.8) is 0 Å². The maximum atomic E-state index is 12.8. The molecule has 1 aromatic carbocycles. The molecule has 0 spiro atoms. The summed E-state index contributed by atoms with van der Waals surface area (Å²) in [6.45, 7) is 4.83. The highest BCUT2D eigenvalue weighted by atomic mass is 35.5. The van der Waals surface area contributed by atoms with Crippen LogP contribution in [-0.4, -0.2) is 41.0 Å². The molecule has 0 aliphatic rings. The summed E-state index contributed by atoms with van der Waals surface area (Å²) in [5.41, 5.74) is 2.07. The number of aromatic nitrogens is 4. The fourth-order valence-corrected chi connectivity index (χ4v) is 4.15. The van der Waals surface area contributed by atoms with E-state index in [9.17, 15) is 12.8 Å². The molecule has 0 aliphatic heterocycles. The first-order valence-corrected chi connectivity index (χ1v) is 12.8. The summed E-state index contributed by atoms with van der Waals surface area (Å²) in [5, 5.41) is 4.28. The Morgan fingerprint density at radius 2 is 1.83 bits per heavy atom. The van der Waals surface area contributed by atoms with Gasteiger partial charge in [-0.05, 0) is 54.4 Å². The lowest BCUT2D eigenvalue weighted by Crippen LogP contribution is -2.08. The van der Waals surface area contributed by atoms with E-state index in [1.807, 2.05) is 19.9 Å². The number of ether oxygens (including phenoxy) is 1. The van der Waals surface area contributed by atoms with E-state index < -0.39 is 15.8 Å². The molecule has 3 aromatic heterocycles. The first-order valence-electron chi connectivity index (χ1n) is 10.8. The van der Waals surface area contributed by atoms with Gasteiger partial charge in [-0.3, -0.25) is 4.98 Å². The average molecular weight is 516 g/mol. The summed E-state index contributed by atoms with van der Waals surface area (Å²) in [6, 6.07) is 11.4. The van der Waals surface area contributed by atoms with Gasteiger partial charge in [0.1, 0.15) is 18.1 Å². The highest BCUT2D eigenvalue weighted by molar-refractivity contribution is 7.91. The van der Waals surface area contributed by atoms with Gasteiger partial charge < -0.3 is 10.1 Å². The molecule has 1 N–H and O–H groups in total. The molecule has 0 saturated heterocycles. The van der Waals surface area contributed by atoms with Crippen LogP contribution in [0.4, 0.5) is 15.9 Å². The van der Waals surface area contributed by atoms with Crippen LogP contribution in [0.2, 0.25) is 5.02 Å².